The van der Waals surface area contributed by atoms with Gasteiger partial charge in [-0.2, -0.15) is 0 Å². The van der Waals surface area contributed by atoms with E-state index in [9.17, 15) is 8.78 Å². The molecule has 0 aliphatic rings. The summed E-state index contributed by atoms with van der Waals surface area (Å²) in [6.45, 7) is -0.00995. The van der Waals surface area contributed by atoms with E-state index in [0.29, 0.717) is 0 Å². The van der Waals surface area contributed by atoms with Gasteiger partial charge in [-0.3, -0.25) is 0 Å². The molecule has 78 valence electrons. The summed E-state index contributed by atoms with van der Waals surface area (Å²) in [4.78, 5) is 3.74. The average molecular weight is 267 g/mol. The van der Waals surface area contributed by atoms with Crippen LogP contribution in [0.25, 0.3) is 0 Å². The summed E-state index contributed by atoms with van der Waals surface area (Å²) in [6, 6.07) is 0. The van der Waals surface area contributed by atoms with Crippen molar-refractivity contribution in [2.45, 2.75) is 13.0 Å². The first-order valence-corrected chi connectivity index (χ1v) is 4.60. The van der Waals surface area contributed by atoms with Gasteiger partial charge in [-0.15, -0.1) is 0 Å². The molecular formula is C8H9BrF2N2O. The number of nitrogens with two attached hydrogens (primary N) is 1. The molecule has 3 nitrogen and oxygen atoms in total. The zero-order valence-corrected chi connectivity index (χ0v) is 9.01. The van der Waals surface area contributed by atoms with Crippen molar-refractivity contribution in [3.63, 3.8) is 0 Å². The number of alkyl halides is 2. The fourth-order valence-corrected chi connectivity index (χ4v) is 1.64. The topological polar surface area (TPSA) is 48.1 Å². The first-order valence-electron chi connectivity index (χ1n) is 3.81. The van der Waals surface area contributed by atoms with Crippen LogP contribution in [0, 0.1) is 0 Å². The Kier molecular flexibility index (Phi) is 3.77. The number of methoxy groups -OCH3 is 1. The quantitative estimate of drug-likeness (QED) is 0.854. The predicted molar refractivity (Wildman–Crippen MR) is 51.3 cm³/mol. The lowest BCUT2D eigenvalue weighted by atomic mass is 10.1. The van der Waals surface area contributed by atoms with Gasteiger partial charge in [-0.1, -0.05) is 0 Å². The van der Waals surface area contributed by atoms with Crippen LogP contribution in [0.1, 0.15) is 17.6 Å². The molecular weight excluding hydrogens is 258 g/mol. The van der Waals surface area contributed by atoms with E-state index < -0.39 is 6.43 Å². The lowest BCUT2D eigenvalue weighted by Crippen LogP contribution is -2.06. The second kappa shape index (κ2) is 4.65. The van der Waals surface area contributed by atoms with Crippen molar-refractivity contribution in [1.82, 2.24) is 4.98 Å². The zero-order chi connectivity index (χ0) is 10.7. The summed E-state index contributed by atoms with van der Waals surface area (Å²) in [5, 5.41) is 0. The number of hydrogen-bond donors (Lipinski definition) is 1. The molecule has 1 rings (SSSR count). The van der Waals surface area contributed by atoms with E-state index in [2.05, 4.69) is 20.9 Å². The summed E-state index contributed by atoms with van der Waals surface area (Å²) in [5.74, 6) is 0.283. The molecule has 0 fully saturated rings. The molecule has 0 aliphatic carbocycles. The van der Waals surface area contributed by atoms with Gasteiger partial charge in [-0.05, 0) is 15.9 Å². The number of hydrogen-bond acceptors (Lipinski definition) is 3. The number of pyridine rings is 1. The Bertz CT molecular complexity index is 333. The highest BCUT2D eigenvalue weighted by Crippen LogP contribution is 2.33. The maximum atomic E-state index is 12.6. The Labute approximate surface area is 88.4 Å². The van der Waals surface area contributed by atoms with Crippen LogP contribution in [0.15, 0.2) is 10.8 Å². The first kappa shape index (κ1) is 11.3. The van der Waals surface area contributed by atoms with Gasteiger partial charge >= 0.3 is 0 Å². The van der Waals surface area contributed by atoms with Gasteiger partial charge in [-0.25, -0.2) is 13.8 Å². The molecule has 0 saturated carbocycles. The molecule has 14 heavy (non-hydrogen) atoms. The molecule has 0 saturated heterocycles. The third-order valence-electron chi connectivity index (χ3n) is 1.78. The normalized spacial score (nSPS) is 10.7. The first-order chi connectivity index (χ1) is 6.61. The van der Waals surface area contributed by atoms with Crippen molar-refractivity contribution >= 4 is 15.9 Å². The van der Waals surface area contributed by atoms with Crippen LogP contribution in [0.2, 0.25) is 0 Å². The minimum atomic E-state index is -2.62. The summed E-state index contributed by atoms with van der Waals surface area (Å²) < 4.78 is 30.2. The Balaban J connectivity index is 3.35. The molecule has 0 aliphatic heterocycles. The third kappa shape index (κ3) is 2.01. The number of ether oxygens (including phenoxy) is 1. The van der Waals surface area contributed by atoms with E-state index in [1.165, 1.54) is 13.3 Å². The lowest BCUT2D eigenvalue weighted by molar-refractivity contribution is 0.148. The second-order valence-electron chi connectivity index (χ2n) is 2.51. The maximum Gasteiger partial charge on any atom is 0.266 e. The Hall–Kier alpha value is -0.750. The van der Waals surface area contributed by atoms with Crippen LogP contribution in [0.4, 0.5) is 8.78 Å². The maximum absolute atomic E-state index is 12.6. The Morgan fingerprint density at radius 3 is 2.71 bits per heavy atom. The lowest BCUT2D eigenvalue weighted by Gasteiger charge is -2.12. The van der Waals surface area contributed by atoms with Crippen molar-refractivity contribution in [3.05, 3.63) is 21.9 Å². The van der Waals surface area contributed by atoms with Crippen molar-refractivity contribution in [2.24, 2.45) is 5.73 Å². The Morgan fingerprint density at radius 2 is 2.29 bits per heavy atom. The molecule has 1 aromatic heterocycles. The molecule has 0 amide bonds. The van der Waals surface area contributed by atoms with E-state index in [4.69, 9.17) is 10.5 Å². The molecule has 0 radical (unpaired) electrons. The van der Waals surface area contributed by atoms with E-state index in [0.717, 1.165) is 0 Å². The highest BCUT2D eigenvalue weighted by molar-refractivity contribution is 9.10. The summed E-state index contributed by atoms with van der Waals surface area (Å²) in [7, 11) is 1.39. The van der Waals surface area contributed by atoms with Crippen LogP contribution in [-0.2, 0) is 6.54 Å². The predicted octanol–water partition coefficient (Wildman–Crippen LogP) is 2.25. The minimum absolute atomic E-state index is 0.00995. The number of aromatic nitrogens is 1. The molecule has 0 bridgehead atoms. The zero-order valence-electron chi connectivity index (χ0n) is 7.43. The smallest absolute Gasteiger partial charge is 0.266 e. The van der Waals surface area contributed by atoms with Crippen LogP contribution in [0.3, 0.4) is 0 Å². The summed E-state index contributed by atoms with van der Waals surface area (Å²) >= 11 is 2.95. The van der Waals surface area contributed by atoms with Gasteiger partial charge in [0.15, 0.2) is 0 Å². The number of nitrogens with zero attached hydrogens (tertiary/aromatic N) is 1. The van der Waals surface area contributed by atoms with E-state index in [1.807, 2.05) is 0 Å². The van der Waals surface area contributed by atoms with Crippen molar-refractivity contribution in [3.8, 4) is 5.75 Å². The molecule has 1 aromatic rings. The number of rotatable bonds is 3. The molecule has 2 N–H and O–H groups in total. The molecule has 6 heteroatoms. The minimum Gasteiger partial charge on any atom is -0.495 e. The van der Waals surface area contributed by atoms with E-state index in [1.54, 1.807) is 0 Å². The van der Waals surface area contributed by atoms with Gasteiger partial charge < -0.3 is 10.5 Å². The van der Waals surface area contributed by atoms with Gasteiger partial charge in [0.2, 0.25) is 0 Å². The SMILES string of the molecule is COc1cnc(Br)c(C(F)F)c1CN. The van der Waals surface area contributed by atoms with Crippen molar-refractivity contribution < 1.29 is 13.5 Å². The highest BCUT2D eigenvalue weighted by atomic mass is 79.9. The van der Waals surface area contributed by atoms with E-state index >= 15 is 0 Å². The fourth-order valence-electron chi connectivity index (χ4n) is 1.13. The van der Waals surface area contributed by atoms with Crippen LogP contribution in [-0.4, -0.2) is 12.1 Å². The summed E-state index contributed by atoms with van der Waals surface area (Å²) in [6.07, 6.45) is -1.26. The van der Waals surface area contributed by atoms with Gasteiger partial charge in [0.1, 0.15) is 10.4 Å². The molecule has 0 atom stereocenters. The monoisotopic (exact) mass is 266 g/mol. The van der Waals surface area contributed by atoms with Gasteiger partial charge in [0.25, 0.3) is 6.43 Å². The average Bonchev–Trinajstić information content (AvgIpc) is 2.16. The van der Waals surface area contributed by atoms with E-state index in [-0.39, 0.29) is 28.0 Å². The van der Waals surface area contributed by atoms with Crippen molar-refractivity contribution in [1.29, 1.82) is 0 Å². The van der Waals surface area contributed by atoms with Crippen LogP contribution < -0.4 is 10.5 Å². The molecule has 0 spiro atoms. The second-order valence-corrected chi connectivity index (χ2v) is 3.27. The van der Waals surface area contributed by atoms with Gasteiger partial charge in [0.05, 0.1) is 18.9 Å². The van der Waals surface area contributed by atoms with Crippen molar-refractivity contribution in [2.75, 3.05) is 7.11 Å². The molecule has 0 unspecified atom stereocenters. The highest BCUT2D eigenvalue weighted by Gasteiger charge is 2.20. The van der Waals surface area contributed by atoms with Crippen LogP contribution >= 0.6 is 15.9 Å². The Morgan fingerprint density at radius 1 is 1.64 bits per heavy atom. The third-order valence-corrected chi connectivity index (χ3v) is 2.41. The standard InChI is InChI=1S/C8H9BrF2N2O/c1-14-5-3-13-7(9)6(8(10)11)4(5)2-12/h3,8H,2,12H2,1H3. The molecule has 1 heterocycles. The van der Waals surface area contributed by atoms with Gasteiger partial charge in [0, 0.05) is 12.1 Å². The van der Waals surface area contributed by atoms with Crippen LogP contribution in [0.5, 0.6) is 5.75 Å². The number of halogens is 3. The summed E-state index contributed by atoms with van der Waals surface area (Å²) in [5.41, 5.74) is 5.45. The molecule has 0 aromatic carbocycles. The fraction of sp³-hybridized carbons (Fsp3) is 0.375. The largest absolute Gasteiger partial charge is 0.495 e.